The molecule has 1 aromatic rings. The number of benzene rings is 1. The van der Waals surface area contributed by atoms with Crippen LogP contribution in [0.3, 0.4) is 0 Å². The van der Waals surface area contributed by atoms with Gasteiger partial charge in [-0.25, -0.2) is 0 Å². The van der Waals surface area contributed by atoms with Crippen molar-refractivity contribution < 1.29 is 0 Å². The van der Waals surface area contributed by atoms with Crippen molar-refractivity contribution in [3.05, 3.63) is 22.3 Å². The molecule has 1 aromatic carbocycles. The van der Waals surface area contributed by atoms with E-state index < -0.39 is 0 Å². The largest absolute Gasteiger partial charge is 0.398 e. The Bertz CT molecular complexity index is 444. The van der Waals surface area contributed by atoms with Crippen molar-refractivity contribution >= 4 is 11.4 Å². The van der Waals surface area contributed by atoms with Gasteiger partial charge in [-0.1, -0.05) is 48.0 Å². The molecular formula is C20H36N2. The Morgan fingerprint density at radius 2 is 1.23 bits per heavy atom. The molecule has 22 heavy (non-hydrogen) atoms. The van der Waals surface area contributed by atoms with Gasteiger partial charge in [-0.3, -0.25) is 0 Å². The standard InChI is InChI=1S/C20H36N2/c1-7-13-14(8-2)22-20-17(11-5)15(9-3)19(21)16(10-4)18(20)12-6/h14,22H,7-13,21H2,1-6H3. The number of nitrogens with one attached hydrogen (secondary N) is 1. The first-order valence-corrected chi connectivity index (χ1v) is 9.30. The van der Waals surface area contributed by atoms with Crippen LogP contribution in [0, 0.1) is 0 Å². The van der Waals surface area contributed by atoms with Crippen molar-refractivity contribution in [2.45, 2.75) is 92.5 Å². The van der Waals surface area contributed by atoms with Crippen molar-refractivity contribution in [2.75, 3.05) is 11.1 Å². The van der Waals surface area contributed by atoms with E-state index in [2.05, 4.69) is 46.9 Å². The van der Waals surface area contributed by atoms with Crippen LogP contribution in [0.2, 0.25) is 0 Å². The van der Waals surface area contributed by atoms with Crippen LogP contribution in [0.4, 0.5) is 11.4 Å². The molecule has 1 unspecified atom stereocenters. The Kier molecular flexibility index (Phi) is 7.78. The second-order valence-corrected chi connectivity index (χ2v) is 6.16. The first-order chi connectivity index (χ1) is 10.6. The van der Waals surface area contributed by atoms with Crippen molar-refractivity contribution in [1.29, 1.82) is 0 Å². The molecule has 1 atom stereocenters. The summed E-state index contributed by atoms with van der Waals surface area (Å²) in [4.78, 5) is 0. The van der Waals surface area contributed by atoms with E-state index in [0.717, 1.165) is 31.4 Å². The maximum atomic E-state index is 6.52. The van der Waals surface area contributed by atoms with E-state index in [1.807, 2.05) is 0 Å². The maximum absolute atomic E-state index is 6.52. The van der Waals surface area contributed by atoms with Gasteiger partial charge < -0.3 is 11.1 Å². The van der Waals surface area contributed by atoms with Gasteiger partial charge in [0.1, 0.15) is 0 Å². The summed E-state index contributed by atoms with van der Waals surface area (Å²) in [5.41, 5.74) is 14.6. The summed E-state index contributed by atoms with van der Waals surface area (Å²) in [5, 5.41) is 3.89. The van der Waals surface area contributed by atoms with Crippen molar-refractivity contribution in [2.24, 2.45) is 0 Å². The Morgan fingerprint density at radius 1 is 0.773 bits per heavy atom. The van der Waals surface area contributed by atoms with E-state index in [1.165, 1.54) is 47.2 Å². The zero-order chi connectivity index (χ0) is 16.7. The summed E-state index contributed by atoms with van der Waals surface area (Å²) in [6, 6.07) is 0.568. The molecule has 0 aromatic heterocycles. The Hall–Kier alpha value is -1.18. The molecule has 0 saturated heterocycles. The number of nitrogen functional groups attached to an aromatic ring is 1. The second kappa shape index (κ2) is 9.07. The number of hydrogen-bond donors (Lipinski definition) is 2. The molecule has 0 bridgehead atoms. The summed E-state index contributed by atoms with van der Waals surface area (Å²) in [6.07, 6.45) is 7.77. The monoisotopic (exact) mass is 304 g/mol. The van der Waals surface area contributed by atoms with Crippen LogP contribution in [0.25, 0.3) is 0 Å². The highest BCUT2D eigenvalue weighted by atomic mass is 14.9. The highest BCUT2D eigenvalue weighted by molar-refractivity contribution is 5.73. The van der Waals surface area contributed by atoms with E-state index in [4.69, 9.17) is 5.73 Å². The lowest BCUT2D eigenvalue weighted by atomic mass is 9.88. The molecule has 0 spiro atoms. The summed E-state index contributed by atoms with van der Waals surface area (Å²) >= 11 is 0. The van der Waals surface area contributed by atoms with Gasteiger partial charge in [-0.15, -0.1) is 0 Å². The smallest absolute Gasteiger partial charge is 0.0414 e. The molecule has 1 rings (SSSR count). The van der Waals surface area contributed by atoms with Crippen LogP contribution >= 0.6 is 0 Å². The fraction of sp³-hybridized carbons (Fsp3) is 0.700. The van der Waals surface area contributed by atoms with E-state index in [9.17, 15) is 0 Å². The van der Waals surface area contributed by atoms with Crippen LogP contribution in [-0.2, 0) is 25.7 Å². The first-order valence-electron chi connectivity index (χ1n) is 9.30. The number of nitrogens with two attached hydrogens (primary N) is 1. The lowest BCUT2D eigenvalue weighted by Crippen LogP contribution is -2.22. The minimum atomic E-state index is 0.568. The van der Waals surface area contributed by atoms with Crippen LogP contribution in [0.5, 0.6) is 0 Å². The predicted molar refractivity (Wildman–Crippen MR) is 101 cm³/mol. The normalized spacial score (nSPS) is 12.5. The third kappa shape index (κ3) is 3.77. The number of anilines is 2. The molecule has 0 aliphatic rings. The summed E-state index contributed by atoms with van der Waals surface area (Å²) in [6.45, 7) is 13.5. The second-order valence-electron chi connectivity index (χ2n) is 6.16. The molecule has 126 valence electrons. The molecule has 0 heterocycles. The molecule has 0 amide bonds. The SMILES string of the molecule is CCCC(CC)Nc1c(CC)c(CC)c(N)c(CC)c1CC. The minimum absolute atomic E-state index is 0.568. The molecule has 0 aliphatic heterocycles. The van der Waals surface area contributed by atoms with Crippen LogP contribution in [0.15, 0.2) is 0 Å². The topological polar surface area (TPSA) is 38.0 Å². The van der Waals surface area contributed by atoms with Gasteiger partial charge in [0.05, 0.1) is 0 Å². The fourth-order valence-electron chi connectivity index (χ4n) is 3.68. The van der Waals surface area contributed by atoms with E-state index >= 15 is 0 Å². The zero-order valence-electron chi connectivity index (χ0n) is 15.6. The molecule has 0 aliphatic carbocycles. The number of rotatable bonds is 9. The quantitative estimate of drug-likeness (QED) is 0.590. The first kappa shape index (κ1) is 18.9. The van der Waals surface area contributed by atoms with E-state index in [1.54, 1.807) is 0 Å². The summed E-state index contributed by atoms with van der Waals surface area (Å²) in [5.74, 6) is 0. The molecule has 3 N–H and O–H groups in total. The van der Waals surface area contributed by atoms with Gasteiger partial charge in [0, 0.05) is 17.4 Å². The highest BCUT2D eigenvalue weighted by Crippen LogP contribution is 2.36. The van der Waals surface area contributed by atoms with Gasteiger partial charge >= 0.3 is 0 Å². The third-order valence-electron chi connectivity index (χ3n) is 4.87. The average Bonchev–Trinajstić information content (AvgIpc) is 2.54. The van der Waals surface area contributed by atoms with Gasteiger partial charge in [0.15, 0.2) is 0 Å². The van der Waals surface area contributed by atoms with Crippen molar-refractivity contribution in [1.82, 2.24) is 0 Å². The van der Waals surface area contributed by atoms with Gasteiger partial charge in [0.2, 0.25) is 0 Å². The lowest BCUT2D eigenvalue weighted by Gasteiger charge is -2.27. The van der Waals surface area contributed by atoms with E-state index in [0.29, 0.717) is 6.04 Å². The molecular weight excluding hydrogens is 268 g/mol. The Labute approximate surface area is 137 Å². The fourth-order valence-corrected chi connectivity index (χ4v) is 3.68. The highest BCUT2D eigenvalue weighted by Gasteiger charge is 2.20. The minimum Gasteiger partial charge on any atom is -0.398 e. The van der Waals surface area contributed by atoms with Crippen LogP contribution in [-0.4, -0.2) is 6.04 Å². The van der Waals surface area contributed by atoms with Crippen LogP contribution in [0.1, 0.15) is 83.1 Å². The van der Waals surface area contributed by atoms with Gasteiger partial charge in [-0.2, -0.15) is 0 Å². The molecule has 0 saturated carbocycles. The van der Waals surface area contributed by atoms with Gasteiger partial charge in [-0.05, 0) is 60.8 Å². The van der Waals surface area contributed by atoms with E-state index in [-0.39, 0.29) is 0 Å². The molecule has 0 radical (unpaired) electrons. The molecule has 0 fully saturated rings. The summed E-state index contributed by atoms with van der Waals surface area (Å²) < 4.78 is 0. The van der Waals surface area contributed by atoms with Gasteiger partial charge in [0.25, 0.3) is 0 Å². The Morgan fingerprint density at radius 3 is 1.55 bits per heavy atom. The average molecular weight is 305 g/mol. The number of hydrogen-bond acceptors (Lipinski definition) is 2. The molecule has 2 nitrogen and oxygen atoms in total. The molecule has 2 heteroatoms. The maximum Gasteiger partial charge on any atom is 0.0414 e. The predicted octanol–water partition coefficient (Wildman–Crippen LogP) is 5.51. The van der Waals surface area contributed by atoms with Crippen molar-refractivity contribution in [3.63, 3.8) is 0 Å². The zero-order valence-corrected chi connectivity index (χ0v) is 15.6. The van der Waals surface area contributed by atoms with Crippen molar-refractivity contribution in [3.8, 4) is 0 Å². The lowest BCUT2D eigenvalue weighted by molar-refractivity contribution is 0.621. The van der Waals surface area contributed by atoms with Crippen LogP contribution < -0.4 is 11.1 Å². The Balaban J connectivity index is 3.50. The third-order valence-corrected chi connectivity index (χ3v) is 4.87. The summed E-state index contributed by atoms with van der Waals surface area (Å²) in [7, 11) is 0.